The van der Waals surface area contributed by atoms with Gasteiger partial charge in [0.05, 0.1) is 5.69 Å². The standard InChI is InChI=1S/C14H18N4S/c1-4-15-11(3)13-6-5-12(9-17-13)19-14-16-8-7-10(2)18-14/h5-9,11,15H,4H2,1-3H3. The lowest BCUT2D eigenvalue weighted by Crippen LogP contribution is -2.18. The summed E-state index contributed by atoms with van der Waals surface area (Å²) in [4.78, 5) is 14.1. The summed E-state index contributed by atoms with van der Waals surface area (Å²) >= 11 is 1.53. The summed E-state index contributed by atoms with van der Waals surface area (Å²) in [5.74, 6) is 0. The summed E-state index contributed by atoms with van der Waals surface area (Å²) in [6, 6.07) is 6.28. The summed E-state index contributed by atoms with van der Waals surface area (Å²) < 4.78 is 0. The van der Waals surface area contributed by atoms with Crippen molar-refractivity contribution in [2.45, 2.75) is 36.9 Å². The molecular weight excluding hydrogens is 256 g/mol. The molecule has 0 amide bonds. The zero-order chi connectivity index (χ0) is 13.7. The molecular formula is C14H18N4S. The number of nitrogens with zero attached hydrogens (tertiary/aromatic N) is 3. The molecule has 0 bridgehead atoms. The van der Waals surface area contributed by atoms with E-state index in [0.29, 0.717) is 0 Å². The van der Waals surface area contributed by atoms with E-state index in [9.17, 15) is 0 Å². The molecule has 0 spiro atoms. The molecule has 0 aliphatic carbocycles. The van der Waals surface area contributed by atoms with E-state index in [1.807, 2.05) is 25.3 Å². The summed E-state index contributed by atoms with van der Waals surface area (Å²) in [5.41, 5.74) is 2.03. The van der Waals surface area contributed by atoms with Crippen molar-refractivity contribution in [3.8, 4) is 0 Å². The number of nitrogens with one attached hydrogen (secondary N) is 1. The van der Waals surface area contributed by atoms with Crippen molar-refractivity contribution < 1.29 is 0 Å². The molecule has 1 unspecified atom stereocenters. The van der Waals surface area contributed by atoms with Gasteiger partial charge in [0.25, 0.3) is 0 Å². The first kappa shape index (κ1) is 14.0. The van der Waals surface area contributed by atoms with Crippen LogP contribution in [0.15, 0.2) is 40.6 Å². The van der Waals surface area contributed by atoms with Gasteiger partial charge >= 0.3 is 0 Å². The van der Waals surface area contributed by atoms with Crippen LogP contribution in [0.2, 0.25) is 0 Å². The molecule has 5 heteroatoms. The monoisotopic (exact) mass is 274 g/mol. The molecule has 1 atom stereocenters. The van der Waals surface area contributed by atoms with Crippen LogP contribution in [0.4, 0.5) is 0 Å². The minimum atomic E-state index is 0.277. The van der Waals surface area contributed by atoms with Crippen LogP contribution in [0.3, 0.4) is 0 Å². The molecule has 0 radical (unpaired) electrons. The van der Waals surface area contributed by atoms with Gasteiger partial charge in [0, 0.05) is 29.0 Å². The van der Waals surface area contributed by atoms with E-state index < -0.39 is 0 Å². The maximum Gasteiger partial charge on any atom is 0.192 e. The molecule has 2 rings (SSSR count). The Hall–Kier alpha value is -1.46. The van der Waals surface area contributed by atoms with Crippen LogP contribution in [0.25, 0.3) is 0 Å². The number of hydrogen-bond donors (Lipinski definition) is 1. The Morgan fingerprint density at radius 2 is 2.11 bits per heavy atom. The highest BCUT2D eigenvalue weighted by Gasteiger charge is 2.06. The molecule has 0 fully saturated rings. The van der Waals surface area contributed by atoms with Gasteiger partial charge < -0.3 is 5.32 Å². The molecule has 100 valence electrons. The van der Waals surface area contributed by atoms with Crippen molar-refractivity contribution in [3.05, 3.63) is 42.0 Å². The lowest BCUT2D eigenvalue weighted by Gasteiger charge is -2.11. The molecule has 4 nitrogen and oxygen atoms in total. The fourth-order valence-corrected chi connectivity index (χ4v) is 2.45. The first-order valence-electron chi connectivity index (χ1n) is 6.36. The normalized spacial score (nSPS) is 12.4. The maximum atomic E-state index is 4.48. The lowest BCUT2D eigenvalue weighted by atomic mass is 10.2. The number of pyridine rings is 1. The van der Waals surface area contributed by atoms with E-state index in [4.69, 9.17) is 0 Å². The van der Waals surface area contributed by atoms with Crippen molar-refractivity contribution in [3.63, 3.8) is 0 Å². The average Bonchev–Trinajstić information content (AvgIpc) is 2.40. The summed E-state index contributed by atoms with van der Waals surface area (Å²) in [7, 11) is 0. The van der Waals surface area contributed by atoms with Gasteiger partial charge in [-0.25, -0.2) is 9.97 Å². The fourth-order valence-electron chi connectivity index (χ4n) is 1.70. The van der Waals surface area contributed by atoms with E-state index in [1.54, 1.807) is 6.20 Å². The van der Waals surface area contributed by atoms with Gasteiger partial charge in [-0.05, 0) is 50.4 Å². The highest BCUT2D eigenvalue weighted by molar-refractivity contribution is 7.99. The number of hydrogen-bond acceptors (Lipinski definition) is 5. The molecule has 2 aromatic rings. The van der Waals surface area contributed by atoms with Crippen LogP contribution in [0, 0.1) is 6.92 Å². The van der Waals surface area contributed by atoms with Crippen molar-refractivity contribution in [2.75, 3.05) is 6.54 Å². The van der Waals surface area contributed by atoms with Gasteiger partial charge in [-0.1, -0.05) is 6.92 Å². The van der Waals surface area contributed by atoms with Gasteiger partial charge in [0.1, 0.15) is 0 Å². The number of aromatic nitrogens is 3. The van der Waals surface area contributed by atoms with Crippen LogP contribution >= 0.6 is 11.8 Å². The van der Waals surface area contributed by atoms with Crippen molar-refractivity contribution in [2.24, 2.45) is 0 Å². The average molecular weight is 274 g/mol. The van der Waals surface area contributed by atoms with Gasteiger partial charge in [0.2, 0.25) is 0 Å². The van der Waals surface area contributed by atoms with Crippen LogP contribution in [0.1, 0.15) is 31.3 Å². The molecule has 19 heavy (non-hydrogen) atoms. The Bertz CT molecular complexity index is 527. The lowest BCUT2D eigenvalue weighted by molar-refractivity contribution is 0.582. The smallest absolute Gasteiger partial charge is 0.192 e. The summed E-state index contributed by atoms with van der Waals surface area (Å²) in [6.07, 6.45) is 3.65. The maximum absolute atomic E-state index is 4.48. The third-order valence-corrected chi connectivity index (χ3v) is 3.55. The third kappa shape index (κ3) is 4.01. The molecule has 0 aliphatic rings. The quantitative estimate of drug-likeness (QED) is 0.849. The van der Waals surface area contributed by atoms with E-state index in [1.165, 1.54) is 11.8 Å². The van der Waals surface area contributed by atoms with Gasteiger partial charge in [-0.2, -0.15) is 0 Å². The van der Waals surface area contributed by atoms with E-state index in [-0.39, 0.29) is 6.04 Å². The van der Waals surface area contributed by atoms with E-state index >= 15 is 0 Å². The zero-order valence-electron chi connectivity index (χ0n) is 11.4. The van der Waals surface area contributed by atoms with Crippen molar-refractivity contribution in [1.82, 2.24) is 20.3 Å². The fraction of sp³-hybridized carbons (Fsp3) is 0.357. The second-order valence-electron chi connectivity index (χ2n) is 4.28. The molecule has 1 N–H and O–H groups in total. The molecule has 0 aliphatic heterocycles. The van der Waals surface area contributed by atoms with Crippen molar-refractivity contribution in [1.29, 1.82) is 0 Å². The van der Waals surface area contributed by atoms with Gasteiger partial charge in [0.15, 0.2) is 5.16 Å². The second-order valence-corrected chi connectivity index (χ2v) is 5.32. The Morgan fingerprint density at radius 3 is 2.74 bits per heavy atom. The SMILES string of the molecule is CCNC(C)c1ccc(Sc2nccc(C)n2)cn1. The Labute approximate surface area is 118 Å². The van der Waals surface area contributed by atoms with E-state index in [2.05, 4.69) is 40.2 Å². The molecule has 0 saturated heterocycles. The Kier molecular flexibility index (Phi) is 4.87. The molecule has 2 aromatic heterocycles. The minimum Gasteiger partial charge on any atom is -0.309 e. The van der Waals surface area contributed by atoms with Crippen LogP contribution < -0.4 is 5.32 Å². The zero-order valence-corrected chi connectivity index (χ0v) is 12.2. The predicted octanol–water partition coefficient (Wildman–Crippen LogP) is 3.00. The highest BCUT2D eigenvalue weighted by Crippen LogP contribution is 2.24. The summed E-state index contributed by atoms with van der Waals surface area (Å²) in [5, 5.41) is 4.10. The minimum absolute atomic E-state index is 0.277. The largest absolute Gasteiger partial charge is 0.309 e. The predicted molar refractivity (Wildman–Crippen MR) is 77.2 cm³/mol. The molecule has 0 aromatic carbocycles. The third-order valence-electron chi connectivity index (χ3n) is 2.70. The Balaban J connectivity index is 2.06. The van der Waals surface area contributed by atoms with Crippen molar-refractivity contribution >= 4 is 11.8 Å². The second kappa shape index (κ2) is 6.63. The molecule has 0 saturated carbocycles. The van der Waals surface area contributed by atoms with Crippen LogP contribution in [0.5, 0.6) is 0 Å². The van der Waals surface area contributed by atoms with Gasteiger partial charge in [-0.3, -0.25) is 4.98 Å². The first-order valence-corrected chi connectivity index (χ1v) is 7.17. The highest BCUT2D eigenvalue weighted by atomic mass is 32.2. The Morgan fingerprint density at radius 1 is 1.26 bits per heavy atom. The topological polar surface area (TPSA) is 50.7 Å². The van der Waals surface area contributed by atoms with Gasteiger partial charge in [-0.15, -0.1) is 0 Å². The number of rotatable bonds is 5. The number of aryl methyl sites for hydroxylation is 1. The summed E-state index contributed by atoms with van der Waals surface area (Å²) in [6.45, 7) is 7.11. The van der Waals surface area contributed by atoms with Crippen LogP contribution in [-0.2, 0) is 0 Å². The van der Waals surface area contributed by atoms with Crippen LogP contribution in [-0.4, -0.2) is 21.5 Å². The molecule has 2 heterocycles. The van der Waals surface area contributed by atoms with E-state index in [0.717, 1.165) is 28.0 Å². The first-order chi connectivity index (χ1) is 9.19.